The Kier molecular flexibility index (Phi) is 2.30. The molecular weight excluding hydrogens is 230 g/mol. The van der Waals surface area contributed by atoms with E-state index in [4.69, 9.17) is 10.2 Å². The van der Waals surface area contributed by atoms with Crippen LogP contribution in [0.3, 0.4) is 0 Å². The lowest BCUT2D eigenvalue weighted by molar-refractivity contribution is 0.100. The highest BCUT2D eigenvalue weighted by Crippen LogP contribution is 2.25. The zero-order chi connectivity index (χ0) is 12.5. The number of pyridine rings is 1. The second-order valence-electron chi connectivity index (χ2n) is 3.77. The number of para-hydroxylation sites is 1. The molecule has 1 amide bonds. The van der Waals surface area contributed by atoms with Gasteiger partial charge in [0.05, 0.1) is 5.56 Å². The molecular formula is C13H9N3O2. The maximum Gasteiger partial charge on any atom is 0.252 e. The van der Waals surface area contributed by atoms with Crippen LogP contribution in [-0.2, 0) is 0 Å². The summed E-state index contributed by atoms with van der Waals surface area (Å²) in [5.41, 5.74) is 7.45. The first-order chi connectivity index (χ1) is 8.75. The van der Waals surface area contributed by atoms with E-state index >= 15 is 0 Å². The highest BCUT2D eigenvalue weighted by Gasteiger charge is 2.13. The van der Waals surface area contributed by atoms with E-state index in [2.05, 4.69) is 9.97 Å². The monoisotopic (exact) mass is 239 g/mol. The largest absolute Gasteiger partial charge is 0.435 e. The summed E-state index contributed by atoms with van der Waals surface area (Å²) in [6.45, 7) is 0. The standard InChI is InChI=1S/C13H9N3O2/c14-12(17)9-2-1-3-10-11(9)18-13(16-10)8-4-6-15-7-5-8/h1-7H,(H2,14,17). The SMILES string of the molecule is NC(=O)c1cccc2nc(-c3ccncc3)oc12. The number of nitrogens with zero attached hydrogens (tertiary/aromatic N) is 2. The Morgan fingerprint density at radius 3 is 2.67 bits per heavy atom. The predicted octanol–water partition coefficient (Wildman–Crippen LogP) is 1.99. The number of primary amides is 1. The predicted molar refractivity (Wildman–Crippen MR) is 65.8 cm³/mol. The van der Waals surface area contributed by atoms with E-state index in [0.717, 1.165) is 5.56 Å². The zero-order valence-electron chi connectivity index (χ0n) is 9.33. The molecule has 0 spiro atoms. The van der Waals surface area contributed by atoms with Crippen LogP contribution in [-0.4, -0.2) is 15.9 Å². The first kappa shape index (κ1) is 10.5. The van der Waals surface area contributed by atoms with E-state index in [-0.39, 0.29) is 0 Å². The number of aromatic nitrogens is 2. The summed E-state index contributed by atoms with van der Waals surface area (Å²) >= 11 is 0. The molecule has 0 radical (unpaired) electrons. The first-order valence-corrected chi connectivity index (χ1v) is 5.35. The maximum atomic E-state index is 11.3. The van der Waals surface area contributed by atoms with E-state index in [1.807, 2.05) is 0 Å². The molecule has 1 aromatic carbocycles. The number of carbonyl (C=O) groups excluding carboxylic acids is 1. The Labute approximate surface area is 102 Å². The third-order valence-corrected chi connectivity index (χ3v) is 2.61. The summed E-state index contributed by atoms with van der Waals surface area (Å²) in [7, 11) is 0. The topological polar surface area (TPSA) is 82.0 Å². The van der Waals surface area contributed by atoms with Gasteiger partial charge in [-0.1, -0.05) is 6.07 Å². The van der Waals surface area contributed by atoms with Crippen LogP contribution in [0.5, 0.6) is 0 Å². The molecule has 2 heterocycles. The van der Waals surface area contributed by atoms with Crippen LogP contribution in [0.15, 0.2) is 47.1 Å². The minimum atomic E-state index is -0.530. The fourth-order valence-corrected chi connectivity index (χ4v) is 1.76. The highest BCUT2D eigenvalue weighted by molar-refractivity contribution is 6.03. The number of hydrogen-bond donors (Lipinski definition) is 1. The van der Waals surface area contributed by atoms with Gasteiger partial charge < -0.3 is 10.2 Å². The molecule has 3 aromatic rings. The van der Waals surface area contributed by atoms with Crippen LogP contribution >= 0.6 is 0 Å². The van der Waals surface area contributed by atoms with Crippen molar-refractivity contribution in [2.24, 2.45) is 5.73 Å². The summed E-state index contributed by atoms with van der Waals surface area (Å²) in [5, 5.41) is 0. The molecule has 0 atom stereocenters. The Bertz CT molecular complexity index is 719. The summed E-state index contributed by atoms with van der Waals surface area (Å²) < 4.78 is 5.61. The number of oxazole rings is 1. The normalized spacial score (nSPS) is 10.7. The van der Waals surface area contributed by atoms with Gasteiger partial charge in [0.15, 0.2) is 5.58 Å². The molecule has 0 aliphatic rings. The smallest absolute Gasteiger partial charge is 0.252 e. The average molecular weight is 239 g/mol. The first-order valence-electron chi connectivity index (χ1n) is 5.35. The van der Waals surface area contributed by atoms with Gasteiger partial charge in [0, 0.05) is 18.0 Å². The molecule has 2 aromatic heterocycles. The number of rotatable bonds is 2. The molecule has 0 bridgehead atoms. The summed E-state index contributed by atoms with van der Waals surface area (Å²) in [6.07, 6.45) is 3.30. The summed E-state index contributed by atoms with van der Waals surface area (Å²) in [4.78, 5) is 19.5. The molecule has 5 heteroatoms. The lowest BCUT2D eigenvalue weighted by Gasteiger charge is -1.94. The number of hydrogen-bond acceptors (Lipinski definition) is 4. The quantitative estimate of drug-likeness (QED) is 0.741. The minimum Gasteiger partial charge on any atom is -0.435 e. The van der Waals surface area contributed by atoms with E-state index < -0.39 is 5.91 Å². The summed E-state index contributed by atoms with van der Waals surface area (Å²) in [6, 6.07) is 8.69. The van der Waals surface area contributed by atoms with Crippen LogP contribution in [0, 0.1) is 0 Å². The number of nitrogens with two attached hydrogens (primary N) is 1. The van der Waals surface area contributed by atoms with Crippen molar-refractivity contribution in [3.8, 4) is 11.5 Å². The van der Waals surface area contributed by atoms with Crippen LogP contribution in [0.2, 0.25) is 0 Å². The second kappa shape index (κ2) is 3.96. The summed E-state index contributed by atoms with van der Waals surface area (Å²) in [5.74, 6) is -0.0841. The van der Waals surface area contributed by atoms with Gasteiger partial charge in [0.2, 0.25) is 5.89 Å². The zero-order valence-corrected chi connectivity index (χ0v) is 9.33. The molecule has 0 aliphatic carbocycles. The number of amides is 1. The van der Waals surface area contributed by atoms with Crippen molar-refractivity contribution in [1.29, 1.82) is 0 Å². The van der Waals surface area contributed by atoms with E-state index in [1.165, 1.54) is 0 Å². The molecule has 0 fully saturated rings. The fraction of sp³-hybridized carbons (Fsp3) is 0. The van der Waals surface area contributed by atoms with Gasteiger partial charge in [0.1, 0.15) is 5.52 Å². The van der Waals surface area contributed by atoms with Crippen LogP contribution in [0.4, 0.5) is 0 Å². The van der Waals surface area contributed by atoms with Crippen molar-refractivity contribution in [2.45, 2.75) is 0 Å². The molecule has 0 aliphatic heterocycles. The molecule has 3 rings (SSSR count). The van der Waals surface area contributed by atoms with Gasteiger partial charge in [-0.2, -0.15) is 0 Å². The average Bonchev–Trinajstić information content (AvgIpc) is 2.83. The Morgan fingerprint density at radius 2 is 1.94 bits per heavy atom. The lowest BCUT2D eigenvalue weighted by Crippen LogP contribution is -2.10. The minimum absolute atomic E-state index is 0.334. The van der Waals surface area contributed by atoms with Crippen molar-refractivity contribution < 1.29 is 9.21 Å². The molecule has 88 valence electrons. The molecule has 0 saturated carbocycles. The van der Waals surface area contributed by atoms with Crippen LogP contribution < -0.4 is 5.73 Å². The second-order valence-corrected chi connectivity index (χ2v) is 3.77. The van der Waals surface area contributed by atoms with E-state index in [9.17, 15) is 4.79 Å². The number of fused-ring (bicyclic) bond motifs is 1. The molecule has 0 unspecified atom stereocenters. The Morgan fingerprint density at radius 1 is 1.17 bits per heavy atom. The van der Waals surface area contributed by atoms with E-state index in [0.29, 0.717) is 22.6 Å². The van der Waals surface area contributed by atoms with Crippen molar-refractivity contribution in [2.75, 3.05) is 0 Å². The Balaban J connectivity index is 2.23. The Hall–Kier alpha value is -2.69. The van der Waals surface area contributed by atoms with Crippen LogP contribution in [0.1, 0.15) is 10.4 Å². The van der Waals surface area contributed by atoms with Crippen LogP contribution in [0.25, 0.3) is 22.6 Å². The van der Waals surface area contributed by atoms with Crippen molar-refractivity contribution in [1.82, 2.24) is 9.97 Å². The van der Waals surface area contributed by atoms with Gasteiger partial charge >= 0.3 is 0 Å². The molecule has 18 heavy (non-hydrogen) atoms. The van der Waals surface area contributed by atoms with Gasteiger partial charge in [-0.3, -0.25) is 9.78 Å². The highest BCUT2D eigenvalue weighted by atomic mass is 16.3. The van der Waals surface area contributed by atoms with Gasteiger partial charge in [-0.15, -0.1) is 0 Å². The maximum absolute atomic E-state index is 11.3. The number of benzene rings is 1. The molecule has 0 saturated heterocycles. The van der Waals surface area contributed by atoms with Gasteiger partial charge in [-0.25, -0.2) is 4.98 Å². The van der Waals surface area contributed by atoms with Gasteiger partial charge in [-0.05, 0) is 24.3 Å². The molecule has 2 N–H and O–H groups in total. The molecule has 5 nitrogen and oxygen atoms in total. The fourth-order valence-electron chi connectivity index (χ4n) is 1.76. The van der Waals surface area contributed by atoms with E-state index in [1.54, 1.807) is 42.7 Å². The van der Waals surface area contributed by atoms with Crippen molar-refractivity contribution >= 4 is 17.0 Å². The third kappa shape index (κ3) is 1.62. The van der Waals surface area contributed by atoms with Gasteiger partial charge in [0.25, 0.3) is 5.91 Å². The number of carbonyl (C=O) groups is 1. The third-order valence-electron chi connectivity index (χ3n) is 2.61. The lowest BCUT2D eigenvalue weighted by atomic mass is 10.2. The van der Waals surface area contributed by atoms with Crippen molar-refractivity contribution in [3.05, 3.63) is 48.3 Å². The van der Waals surface area contributed by atoms with Crippen molar-refractivity contribution in [3.63, 3.8) is 0 Å².